The molecule has 0 nitrogen and oxygen atoms in total. The maximum atomic E-state index is 2.47. The molecular formula is C19H30Fe. The Balaban J connectivity index is 0.000000507. The Morgan fingerprint density at radius 2 is 1.70 bits per heavy atom. The van der Waals surface area contributed by atoms with Crippen LogP contribution in [-0.4, -0.2) is 0 Å². The average Bonchev–Trinajstić information content (AvgIpc) is 3.13. The molecule has 0 aromatic heterocycles. The van der Waals surface area contributed by atoms with E-state index < -0.39 is 0 Å². The normalized spacial score (nSPS) is 15.4. The molecule has 2 rings (SSSR count). The van der Waals surface area contributed by atoms with Crippen molar-refractivity contribution in [1.82, 2.24) is 0 Å². The third-order valence-corrected chi connectivity index (χ3v) is 4.32. The second-order valence-electron chi connectivity index (χ2n) is 5.66. The van der Waals surface area contributed by atoms with Crippen molar-refractivity contribution in [2.75, 3.05) is 0 Å². The first kappa shape index (κ1) is 19.5. The van der Waals surface area contributed by atoms with Crippen LogP contribution in [0.1, 0.15) is 65.7 Å². The Labute approximate surface area is 136 Å². The van der Waals surface area contributed by atoms with Crippen LogP contribution >= 0.6 is 0 Å². The van der Waals surface area contributed by atoms with Crippen LogP contribution in [0.4, 0.5) is 0 Å². The zero-order chi connectivity index (χ0) is 14.0. The van der Waals surface area contributed by atoms with Crippen molar-refractivity contribution in [3.05, 3.63) is 48.4 Å². The molecule has 0 spiro atoms. The molecule has 1 aliphatic rings. The van der Waals surface area contributed by atoms with Gasteiger partial charge >= 0.3 is 17.1 Å². The first-order valence-electron chi connectivity index (χ1n) is 7.97. The van der Waals surface area contributed by atoms with Gasteiger partial charge in [0.05, 0.1) is 0 Å². The molecule has 0 radical (unpaired) electrons. The fourth-order valence-corrected chi connectivity index (χ4v) is 2.69. The van der Waals surface area contributed by atoms with E-state index in [0.717, 1.165) is 0 Å². The summed E-state index contributed by atoms with van der Waals surface area (Å²) in [4.78, 5) is 0. The molecule has 0 saturated carbocycles. The molecule has 0 heterocycles. The van der Waals surface area contributed by atoms with Crippen molar-refractivity contribution >= 4 is 0 Å². The van der Waals surface area contributed by atoms with Gasteiger partial charge < -0.3 is 0 Å². The molecule has 0 saturated heterocycles. The van der Waals surface area contributed by atoms with Gasteiger partial charge in [0.15, 0.2) is 0 Å². The summed E-state index contributed by atoms with van der Waals surface area (Å²) in [5.41, 5.74) is 2.23. The topological polar surface area (TPSA) is 0 Å². The van der Waals surface area contributed by atoms with Gasteiger partial charge in [-0.15, -0.1) is 6.42 Å². The van der Waals surface area contributed by atoms with Crippen molar-refractivity contribution in [1.29, 1.82) is 0 Å². The van der Waals surface area contributed by atoms with Crippen molar-refractivity contribution in [2.45, 2.75) is 65.7 Å². The van der Waals surface area contributed by atoms with Gasteiger partial charge in [0.25, 0.3) is 0 Å². The van der Waals surface area contributed by atoms with Gasteiger partial charge in [0.1, 0.15) is 0 Å². The first-order chi connectivity index (χ1) is 9.26. The summed E-state index contributed by atoms with van der Waals surface area (Å²) >= 11 is 0. The van der Waals surface area contributed by atoms with Gasteiger partial charge in [-0.1, -0.05) is 64.7 Å². The summed E-state index contributed by atoms with van der Waals surface area (Å²) < 4.78 is 0. The molecule has 20 heavy (non-hydrogen) atoms. The van der Waals surface area contributed by atoms with Crippen LogP contribution in [0.3, 0.4) is 0 Å². The van der Waals surface area contributed by atoms with Crippen LogP contribution in [0.5, 0.6) is 0 Å². The maximum absolute atomic E-state index is 2.47. The number of hydrogen-bond donors (Lipinski definition) is 0. The van der Waals surface area contributed by atoms with E-state index >= 15 is 0 Å². The summed E-state index contributed by atoms with van der Waals surface area (Å²) in [6, 6.07) is 10.0. The first-order valence-corrected chi connectivity index (χ1v) is 7.97. The molecule has 1 aromatic rings. The van der Waals surface area contributed by atoms with Gasteiger partial charge in [-0.05, 0) is 0 Å². The predicted octanol–water partition coefficient (Wildman–Crippen LogP) is 6.31. The second-order valence-corrected chi connectivity index (χ2v) is 5.66. The van der Waals surface area contributed by atoms with E-state index in [0.29, 0.717) is 5.41 Å². The van der Waals surface area contributed by atoms with Gasteiger partial charge in [-0.25, -0.2) is 30.2 Å². The van der Waals surface area contributed by atoms with Crippen molar-refractivity contribution in [3.63, 3.8) is 0 Å². The van der Waals surface area contributed by atoms with Crippen LogP contribution in [0.2, 0.25) is 0 Å². The van der Waals surface area contributed by atoms with Gasteiger partial charge in [-0.3, -0.25) is 0 Å². The molecule has 0 amide bonds. The standard InChI is InChI=1S/C14H25.C5H5.Fe/c1-4-7-8-9-13-10-11-14(5-2,6-3)12-13;1-2-4-5-3-1;/h10-11H,4-9,12H2,1-3H3;1-5H;/q2*-1;+2. The van der Waals surface area contributed by atoms with Gasteiger partial charge in [0, 0.05) is 0 Å². The van der Waals surface area contributed by atoms with Crippen LogP contribution in [0, 0.1) is 11.8 Å². The third-order valence-electron chi connectivity index (χ3n) is 4.32. The summed E-state index contributed by atoms with van der Waals surface area (Å²) in [5.74, 6) is 0. The van der Waals surface area contributed by atoms with E-state index in [9.17, 15) is 0 Å². The monoisotopic (exact) mass is 314 g/mol. The minimum Gasteiger partial charge on any atom is -0.228 e. The van der Waals surface area contributed by atoms with Crippen LogP contribution in [-0.2, 0) is 17.1 Å². The Hall–Kier alpha value is -0.521. The molecule has 0 N–H and O–H groups in total. The molecule has 0 fully saturated rings. The summed E-state index contributed by atoms with van der Waals surface area (Å²) in [5, 5.41) is 0. The number of hydrogen-bond acceptors (Lipinski definition) is 0. The zero-order valence-corrected chi connectivity index (χ0v) is 14.4. The van der Waals surface area contributed by atoms with Crippen LogP contribution < -0.4 is 0 Å². The minimum absolute atomic E-state index is 0. The van der Waals surface area contributed by atoms with E-state index in [1.807, 2.05) is 30.3 Å². The molecule has 0 unspecified atom stereocenters. The van der Waals surface area contributed by atoms with E-state index in [2.05, 4.69) is 33.3 Å². The Morgan fingerprint density at radius 1 is 1.05 bits per heavy atom. The number of unbranched alkanes of at least 4 members (excludes halogenated alkanes) is 2. The smallest absolute Gasteiger partial charge is 0.228 e. The Bertz CT molecular complexity index is 313. The SMILES string of the molecule is CCCCCC1=C[CH-]C(CC)(CC)C1.[Fe+2].c1cc[cH-]c1. The van der Waals surface area contributed by atoms with Crippen molar-refractivity contribution < 1.29 is 17.1 Å². The summed E-state index contributed by atoms with van der Waals surface area (Å²) in [6.07, 6.45) is 14.3. The van der Waals surface area contributed by atoms with Crippen molar-refractivity contribution in [3.8, 4) is 0 Å². The number of rotatable bonds is 6. The minimum atomic E-state index is 0. The summed E-state index contributed by atoms with van der Waals surface area (Å²) in [6.45, 7) is 6.92. The fourth-order valence-electron chi connectivity index (χ4n) is 2.69. The Kier molecular flexibility index (Phi) is 10.9. The predicted molar refractivity (Wildman–Crippen MR) is 86.2 cm³/mol. The largest absolute Gasteiger partial charge is 2.00 e. The van der Waals surface area contributed by atoms with E-state index in [1.54, 1.807) is 5.57 Å². The van der Waals surface area contributed by atoms with E-state index in [-0.39, 0.29) is 17.1 Å². The molecule has 0 aliphatic heterocycles. The van der Waals surface area contributed by atoms with E-state index in [1.165, 1.54) is 44.9 Å². The van der Waals surface area contributed by atoms with Crippen molar-refractivity contribution in [2.24, 2.45) is 5.41 Å². The molecule has 1 heteroatoms. The van der Waals surface area contributed by atoms with Crippen LogP contribution in [0.25, 0.3) is 0 Å². The molecule has 114 valence electrons. The average molecular weight is 314 g/mol. The van der Waals surface area contributed by atoms with Crippen LogP contribution in [0.15, 0.2) is 42.0 Å². The fraction of sp³-hybridized carbons (Fsp3) is 0.579. The summed E-state index contributed by atoms with van der Waals surface area (Å²) in [7, 11) is 0. The van der Waals surface area contributed by atoms with Gasteiger partial charge in [-0.2, -0.15) is 18.2 Å². The zero-order valence-electron chi connectivity index (χ0n) is 13.3. The molecule has 0 atom stereocenters. The molecule has 0 bridgehead atoms. The maximum Gasteiger partial charge on any atom is 2.00 e. The van der Waals surface area contributed by atoms with E-state index in [4.69, 9.17) is 0 Å². The molecule has 1 aliphatic carbocycles. The quantitative estimate of drug-likeness (QED) is 0.328. The molecule has 1 aromatic carbocycles. The molecular weight excluding hydrogens is 284 g/mol. The second kappa shape index (κ2) is 11.2. The van der Waals surface area contributed by atoms with Gasteiger partial charge in [0.2, 0.25) is 0 Å². The third kappa shape index (κ3) is 6.77. The number of allylic oxidation sites excluding steroid dienone is 2. The Morgan fingerprint density at radius 3 is 2.10 bits per heavy atom.